The molecule has 4 rings (SSSR count). The number of benzene rings is 2. The van der Waals surface area contributed by atoms with Crippen molar-refractivity contribution < 1.29 is 9.59 Å². The highest BCUT2D eigenvalue weighted by Gasteiger charge is 2.21. The summed E-state index contributed by atoms with van der Waals surface area (Å²) in [7, 11) is 0. The third-order valence-corrected chi connectivity index (χ3v) is 5.86. The molecular weight excluding hydrogens is 426 g/mol. The van der Waals surface area contributed by atoms with Crippen LogP contribution < -0.4 is 15.5 Å². The van der Waals surface area contributed by atoms with Crippen LogP contribution in [0.5, 0.6) is 0 Å². The number of nitriles is 1. The first kappa shape index (κ1) is 23.1. The van der Waals surface area contributed by atoms with Crippen LogP contribution in [0.2, 0.25) is 0 Å². The van der Waals surface area contributed by atoms with Crippen molar-refractivity contribution in [1.82, 2.24) is 10.3 Å². The zero-order valence-corrected chi connectivity index (χ0v) is 18.9. The van der Waals surface area contributed by atoms with E-state index < -0.39 is 6.04 Å². The van der Waals surface area contributed by atoms with E-state index in [1.165, 1.54) is 0 Å². The number of Topliss-reactive ketones (excluding diaryl/α,β-unsaturated/α-hetero) is 1. The zero-order chi connectivity index (χ0) is 23.8. The molecule has 0 aliphatic carbocycles. The maximum atomic E-state index is 13.2. The van der Waals surface area contributed by atoms with Gasteiger partial charge in [0.25, 0.3) is 0 Å². The van der Waals surface area contributed by atoms with E-state index in [9.17, 15) is 9.59 Å². The van der Waals surface area contributed by atoms with Gasteiger partial charge in [0, 0.05) is 19.5 Å². The van der Waals surface area contributed by atoms with E-state index in [2.05, 4.69) is 21.7 Å². The molecule has 1 saturated heterocycles. The predicted molar refractivity (Wildman–Crippen MR) is 131 cm³/mol. The summed E-state index contributed by atoms with van der Waals surface area (Å²) in [6.07, 6.45) is 3.91. The smallest absolute Gasteiger partial charge is 0.247 e. The summed E-state index contributed by atoms with van der Waals surface area (Å²) in [6.45, 7) is 1.83. The molecule has 1 aliphatic rings. The van der Waals surface area contributed by atoms with Gasteiger partial charge in [0.05, 0.1) is 30.1 Å². The molecular formula is C27H27N5O2. The van der Waals surface area contributed by atoms with Gasteiger partial charge in [-0.3, -0.25) is 9.59 Å². The lowest BCUT2D eigenvalue weighted by Crippen LogP contribution is -2.35. The predicted octanol–water partition coefficient (Wildman–Crippen LogP) is 3.63. The largest absolute Gasteiger partial charge is 0.363 e. The summed E-state index contributed by atoms with van der Waals surface area (Å²) in [4.78, 5) is 31.3. The molecule has 7 heteroatoms. The molecule has 2 N–H and O–H groups in total. The maximum Gasteiger partial charge on any atom is 0.247 e. The van der Waals surface area contributed by atoms with Gasteiger partial charge >= 0.3 is 0 Å². The van der Waals surface area contributed by atoms with Crippen LogP contribution in [0.1, 0.15) is 35.6 Å². The van der Waals surface area contributed by atoms with Crippen molar-refractivity contribution in [2.75, 3.05) is 29.9 Å². The Bertz CT molecular complexity index is 1150. The molecule has 1 fully saturated rings. The van der Waals surface area contributed by atoms with Crippen LogP contribution in [-0.4, -0.2) is 36.3 Å². The summed E-state index contributed by atoms with van der Waals surface area (Å²) < 4.78 is 0. The van der Waals surface area contributed by atoms with Gasteiger partial charge in [-0.15, -0.1) is 0 Å². The molecule has 0 bridgehead atoms. The second-order valence-corrected chi connectivity index (χ2v) is 8.31. The molecule has 2 heterocycles. The number of amides is 1. The van der Waals surface area contributed by atoms with Crippen molar-refractivity contribution in [3.05, 3.63) is 89.6 Å². The molecule has 0 radical (unpaired) electrons. The molecule has 172 valence electrons. The number of aromatic nitrogens is 1. The first-order chi connectivity index (χ1) is 16.6. The first-order valence-electron chi connectivity index (χ1n) is 11.4. The summed E-state index contributed by atoms with van der Waals surface area (Å²) >= 11 is 0. The summed E-state index contributed by atoms with van der Waals surface area (Å²) in [5, 5.41) is 15.2. The number of hydrogen-bond acceptors (Lipinski definition) is 6. The standard InChI is InChI=1S/C27H27N5O2/c28-17-21-10-8-20(9-11-21)14-15-29-26(22-5-2-1-3-6-22)27(34)31-25-13-12-23(18-30-25)32-16-4-7-24(33)19-32/h1-3,5-6,8-13,18,26,29H,4,7,14-16,19H2,(H,30,31,34). The molecule has 0 saturated carbocycles. The van der Waals surface area contributed by atoms with E-state index in [0.29, 0.717) is 30.9 Å². The Balaban J connectivity index is 1.40. The first-order valence-corrected chi connectivity index (χ1v) is 11.4. The number of piperidine rings is 1. The topological polar surface area (TPSA) is 98.1 Å². The second-order valence-electron chi connectivity index (χ2n) is 8.31. The van der Waals surface area contributed by atoms with Crippen molar-refractivity contribution in [2.24, 2.45) is 0 Å². The third kappa shape index (κ3) is 6.06. The zero-order valence-electron chi connectivity index (χ0n) is 18.9. The van der Waals surface area contributed by atoms with Crippen LogP contribution in [0.25, 0.3) is 0 Å². The van der Waals surface area contributed by atoms with Crippen molar-refractivity contribution in [3.63, 3.8) is 0 Å². The van der Waals surface area contributed by atoms with E-state index in [1.54, 1.807) is 24.4 Å². The van der Waals surface area contributed by atoms with Crippen LogP contribution in [0, 0.1) is 11.3 Å². The molecule has 1 atom stereocenters. The van der Waals surface area contributed by atoms with E-state index in [4.69, 9.17) is 5.26 Å². The van der Waals surface area contributed by atoms with Crippen LogP contribution in [0.4, 0.5) is 11.5 Å². The highest BCUT2D eigenvalue weighted by atomic mass is 16.2. The summed E-state index contributed by atoms with van der Waals surface area (Å²) in [5.74, 6) is 0.507. The highest BCUT2D eigenvalue weighted by molar-refractivity contribution is 5.95. The van der Waals surface area contributed by atoms with E-state index >= 15 is 0 Å². The van der Waals surface area contributed by atoms with Gasteiger partial charge in [-0.1, -0.05) is 42.5 Å². The fourth-order valence-electron chi connectivity index (χ4n) is 4.02. The Morgan fingerprint density at radius 3 is 2.56 bits per heavy atom. The van der Waals surface area contributed by atoms with Gasteiger partial charge in [0.15, 0.2) is 5.78 Å². The Kier molecular flexibility index (Phi) is 7.63. The second kappa shape index (κ2) is 11.2. The van der Waals surface area contributed by atoms with Gasteiger partial charge in [-0.25, -0.2) is 4.98 Å². The lowest BCUT2D eigenvalue weighted by Gasteiger charge is -2.27. The third-order valence-electron chi connectivity index (χ3n) is 5.86. The van der Waals surface area contributed by atoms with Crippen molar-refractivity contribution in [1.29, 1.82) is 5.26 Å². The van der Waals surface area contributed by atoms with Crippen molar-refractivity contribution in [2.45, 2.75) is 25.3 Å². The van der Waals surface area contributed by atoms with Crippen LogP contribution in [-0.2, 0) is 16.0 Å². The summed E-state index contributed by atoms with van der Waals surface area (Å²) in [6, 6.07) is 22.3. The molecule has 2 aromatic carbocycles. The van der Waals surface area contributed by atoms with Gasteiger partial charge in [-0.2, -0.15) is 5.26 Å². The number of carbonyl (C=O) groups is 2. The fourth-order valence-corrected chi connectivity index (χ4v) is 4.02. The molecule has 0 spiro atoms. The monoisotopic (exact) mass is 453 g/mol. The Morgan fingerprint density at radius 2 is 1.88 bits per heavy atom. The molecule has 1 amide bonds. The van der Waals surface area contributed by atoms with E-state index in [0.717, 1.165) is 36.2 Å². The van der Waals surface area contributed by atoms with E-state index in [1.807, 2.05) is 53.4 Å². The minimum Gasteiger partial charge on any atom is -0.363 e. The van der Waals surface area contributed by atoms with Crippen LogP contribution in [0.15, 0.2) is 72.9 Å². The Labute approximate surface area is 199 Å². The molecule has 1 unspecified atom stereocenters. The van der Waals surface area contributed by atoms with E-state index in [-0.39, 0.29) is 11.7 Å². The molecule has 7 nitrogen and oxygen atoms in total. The number of carbonyl (C=O) groups excluding carboxylic acids is 2. The molecule has 1 aromatic heterocycles. The normalized spacial score (nSPS) is 14.3. The SMILES string of the molecule is N#Cc1ccc(CCNC(C(=O)Nc2ccc(N3CCCC(=O)C3)cn2)c2ccccc2)cc1. The number of nitrogens with one attached hydrogen (secondary N) is 2. The number of anilines is 2. The molecule has 34 heavy (non-hydrogen) atoms. The Hall–Kier alpha value is -4.02. The van der Waals surface area contributed by atoms with Gasteiger partial charge in [0.2, 0.25) is 5.91 Å². The van der Waals surface area contributed by atoms with Crippen molar-refractivity contribution in [3.8, 4) is 6.07 Å². The number of nitrogens with zero attached hydrogens (tertiary/aromatic N) is 3. The fraction of sp³-hybridized carbons (Fsp3) is 0.259. The minimum absolute atomic E-state index is 0.195. The number of ketones is 1. The summed E-state index contributed by atoms with van der Waals surface area (Å²) in [5.41, 5.74) is 3.46. The van der Waals surface area contributed by atoms with Crippen LogP contribution in [0.3, 0.4) is 0 Å². The van der Waals surface area contributed by atoms with Gasteiger partial charge < -0.3 is 15.5 Å². The number of hydrogen-bond donors (Lipinski definition) is 2. The quantitative estimate of drug-likeness (QED) is 0.540. The lowest BCUT2D eigenvalue weighted by molar-refractivity contribution is -0.119. The maximum absolute atomic E-state index is 13.2. The number of rotatable bonds is 8. The lowest BCUT2D eigenvalue weighted by atomic mass is 10.1. The van der Waals surface area contributed by atoms with Gasteiger partial charge in [0.1, 0.15) is 11.9 Å². The molecule has 3 aromatic rings. The van der Waals surface area contributed by atoms with Crippen LogP contribution >= 0.6 is 0 Å². The highest BCUT2D eigenvalue weighted by Crippen LogP contribution is 2.20. The number of pyridine rings is 1. The molecule has 1 aliphatic heterocycles. The Morgan fingerprint density at radius 1 is 1.09 bits per heavy atom. The van der Waals surface area contributed by atoms with Crippen molar-refractivity contribution >= 4 is 23.2 Å². The average Bonchev–Trinajstić information content (AvgIpc) is 2.88. The minimum atomic E-state index is -0.541. The average molecular weight is 454 g/mol. The van der Waals surface area contributed by atoms with Gasteiger partial charge in [-0.05, 0) is 48.2 Å².